The molecule has 1 aromatic rings. The highest BCUT2D eigenvalue weighted by Crippen LogP contribution is 2.19. The van der Waals surface area contributed by atoms with Gasteiger partial charge >= 0.3 is 0 Å². The fourth-order valence-corrected chi connectivity index (χ4v) is 2.08. The molecule has 106 valence electrons. The van der Waals surface area contributed by atoms with E-state index in [4.69, 9.17) is 4.74 Å². The van der Waals surface area contributed by atoms with E-state index in [2.05, 4.69) is 18.7 Å². The minimum absolute atomic E-state index is 0.120. The van der Waals surface area contributed by atoms with Gasteiger partial charge in [-0.3, -0.25) is 9.69 Å². The van der Waals surface area contributed by atoms with Gasteiger partial charge in [0, 0.05) is 6.04 Å². The van der Waals surface area contributed by atoms with E-state index < -0.39 is 0 Å². The van der Waals surface area contributed by atoms with Crippen LogP contribution in [0.2, 0.25) is 0 Å². The average molecular weight is 263 g/mol. The van der Waals surface area contributed by atoms with Crippen molar-refractivity contribution >= 4 is 5.78 Å². The van der Waals surface area contributed by atoms with Crippen molar-refractivity contribution in [1.82, 2.24) is 4.90 Å². The number of hydrogen-bond acceptors (Lipinski definition) is 3. The summed E-state index contributed by atoms with van der Waals surface area (Å²) in [7, 11) is 2.00. The molecular formula is C16H25NO2. The highest BCUT2D eigenvalue weighted by atomic mass is 16.5. The Labute approximate surface area is 116 Å². The quantitative estimate of drug-likeness (QED) is 0.673. The first-order chi connectivity index (χ1) is 9.10. The Morgan fingerprint density at radius 1 is 1.32 bits per heavy atom. The molecule has 0 heterocycles. The lowest BCUT2D eigenvalue weighted by atomic mass is 10.1. The molecule has 0 aliphatic rings. The van der Waals surface area contributed by atoms with Gasteiger partial charge in [-0.1, -0.05) is 25.5 Å². The van der Waals surface area contributed by atoms with Crippen LogP contribution in [-0.2, 0) is 0 Å². The number of para-hydroxylation sites is 1. The maximum atomic E-state index is 12.3. The summed E-state index contributed by atoms with van der Waals surface area (Å²) in [5.41, 5.74) is 0.680. The van der Waals surface area contributed by atoms with Crippen LogP contribution in [0.15, 0.2) is 24.3 Å². The molecule has 1 aromatic carbocycles. The third kappa shape index (κ3) is 4.67. The maximum absolute atomic E-state index is 12.3. The van der Waals surface area contributed by atoms with Crippen molar-refractivity contribution in [2.45, 2.75) is 39.7 Å². The predicted octanol–water partition coefficient (Wildman–Crippen LogP) is 3.39. The van der Waals surface area contributed by atoms with Crippen molar-refractivity contribution in [2.24, 2.45) is 0 Å². The first-order valence-corrected chi connectivity index (χ1v) is 7.05. The summed E-state index contributed by atoms with van der Waals surface area (Å²) in [5, 5.41) is 0. The monoisotopic (exact) mass is 263 g/mol. The summed E-state index contributed by atoms with van der Waals surface area (Å²) >= 11 is 0. The van der Waals surface area contributed by atoms with Gasteiger partial charge in [0.05, 0.1) is 18.7 Å². The van der Waals surface area contributed by atoms with Gasteiger partial charge in [-0.2, -0.15) is 0 Å². The number of nitrogens with zero attached hydrogens (tertiary/aromatic N) is 1. The molecule has 0 amide bonds. The van der Waals surface area contributed by atoms with E-state index in [0.29, 0.717) is 30.5 Å². The fourth-order valence-electron chi connectivity index (χ4n) is 2.08. The highest BCUT2D eigenvalue weighted by Gasteiger charge is 2.16. The maximum Gasteiger partial charge on any atom is 0.180 e. The number of hydrogen-bond donors (Lipinski definition) is 0. The Morgan fingerprint density at radius 3 is 2.63 bits per heavy atom. The van der Waals surface area contributed by atoms with E-state index in [9.17, 15) is 4.79 Å². The van der Waals surface area contributed by atoms with Gasteiger partial charge in [0.25, 0.3) is 0 Å². The highest BCUT2D eigenvalue weighted by molar-refractivity contribution is 6.00. The van der Waals surface area contributed by atoms with Crippen LogP contribution >= 0.6 is 0 Å². The summed E-state index contributed by atoms with van der Waals surface area (Å²) in [6.45, 7) is 7.26. The number of likely N-dealkylation sites (N-methyl/N-ethyl adjacent to an activating group) is 1. The van der Waals surface area contributed by atoms with Gasteiger partial charge in [0.15, 0.2) is 5.78 Å². The predicted molar refractivity (Wildman–Crippen MR) is 78.9 cm³/mol. The molecule has 19 heavy (non-hydrogen) atoms. The second-order valence-corrected chi connectivity index (χ2v) is 4.91. The molecule has 1 atom stereocenters. The molecular weight excluding hydrogens is 238 g/mol. The number of Topliss-reactive ketones (excluding diaryl/α,β-unsaturated/α-hetero) is 1. The van der Waals surface area contributed by atoms with Crippen molar-refractivity contribution < 1.29 is 9.53 Å². The minimum atomic E-state index is 0.120. The molecule has 1 rings (SSSR count). The normalized spacial score (nSPS) is 12.5. The molecule has 0 aliphatic heterocycles. The van der Waals surface area contributed by atoms with E-state index in [1.165, 1.54) is 0 Å². The van der Waals surface area contributed by atoms with Crippen LogP contribution in [0.25, 0.3) is 0 Å². The van der Waals surface area contributed by atoms with E-state index in [1.54, 1.807) is 0 Å². The third-order valence-corrected chi connectivity index (χ3v) is 3.34. The summed E-state index contributed by atoms with van der Waals surface area (Å²) in [5.74, 6) is 0.807. The van der Waals surface area contributed by atoms with Crippen LogP contribution in [0.5, 0.6) is 5.75 Å². The average Bonchev–Trinajstić information content (AvgIpc) is 2.39. The van der Waals surface area contributed by atoms with Gasteiger partial charge in [-0.05, 0) is 39.4 Å². The van der Waals surface area contributed by atoms with Gasteiger partial charge in [0.1, 0.15) is 5.75 Å². The van der Waals surface area contributed by atoms with Crippen molar-refractivity contribution in [1.29, 1.82) is 0 Å². The molecule has 0 radical (unpaired) electrons. The molecule has 0 aromatic heterocycles. The summed E-state index contributed by atoms with van der Waals surface area (Å²) in [4.78, 5) is 14.4. The number of carbonyl (C=O) groups is 1. The van der Waals surface area contributed by atoms with E-state index in [1.807, 2.05) is 38.2 Å². The minimum Gasteiger partial charge on any atom is -0.493 e. The van der Waals surface area contributed by atoms with Crippen LogP contribution in [0.3, 0.4) is 0 Å². The zero-order valence-electron chi connectivity index (χ0n) is 12.5. The van der Waals surface area contributed by atoms with Crippen LogP contribution in [0.1, 0.15) is 44.0 Å². The topological polar surface area (TPSA) is 29.5 Å². The van der Waals surface area contributed by atoms with Crippen LogP contribution in [0, 0.1) is 0 Å². The molecule has 3 heteroatoms. The summed E-state index contributed by atoms with van der Waals surface area (Å²) in [6.07, 6.45) is 2.24. The lowest BCUT2D eigenvalue weighted by Gasteiger charge is -2.23. The Bertz CT molecular complexity index is 403. The fraction of sp³-hybridized carbons (Fsp3) is 0.562. The second kappa shape index (κ2) is 7.95. The zero-order valence-corrected chi connectivity index (χ0v) is 12.5. The Kier molecular flexibility index (Phi) is 6.57. The second-order valence-electron chi connectivity index (χ2n) is 4.91. The van der Waals surface area contributed by atoms with Crippen LogP contribution < -0.4 is 4.74 Å². The van der Waals surface area contributed by atoms with Gasteiger partial charge in [0.2, 0.25) is 0 Å². The zero-order chi connectivity index (χ0) is 14.3. The smallest absolute Gasteiger partial charge is 0.180 e. The van der Waals surface area contributed by atoms with Crippen LogP contribution in [0.4, 0.5) is 0 Å². The molecule has 1 unspecified atom stereocenters. The first kappa shape index (κ1) is 15.7. The van der Waals surface area contributed by atoms with Gasteiger partial charge in [-0.15, -0.1) is 0 Å². The summed E-state index contributed by atoms with van der Waals surface area (Å²) in [6, 6.07) is 7.89. The number of ketones is 1. The van der Waals surface area contributed by atoms with Crippen molar-refractivity contribution in [3.8, 4) is 5.75 Å². The largest absolute Gasteiger partial charge is 0.493 e. The number of carbonyl (C=O) groups excluding carboxylic acids is 1. The number of ether oxygens (including phenoxy) is 1. The molecule has 0 bridgehead atoms. The summed E-state index contributed by atoms with van der Waals surface area (Å²) < 4.78 is 5.51. The standard InChI is InChI=1S/C16H25NO2/c1-5-9-13(3)17(4)12-15(18)14-10-7-8-11-16(14)19-6-2/h7-8,10-11,13H,5-6,9,12H2,1-4H3. The molecule has 0 saturated heterocycles. The molecule has 0 aliphatic carbocycles. The van der Waals surface area contributed by atoms with Crippen LogP contribution in [-0.4, -0.2) is 36.9 Å². The Hall–Kier alpha value is -1.35. The van der Waals surface area contributed by atoms with Gasteiger partial charge < -0.3 is 4.74 Å². The molecule has 0 spiro atoms. The van der Waals surface area contributed by atoms with Crippen molar-refractivity contribution in [3.63, 3.8) is 0 Å². The number of benzene rings is 1. The molecule has 3 nitrogen and oxygen atoms in total. The molecule has 0 saturated carbocycles. The van der Waals surface area contributed by atoms with Crippen molar-refractivity contribution in [3.05, 3.63) is 29.8 Å². The molecule has 0 N–H and O–H groups in total. The lowest BCUT2D eigenvalue weighted by Crippen LogP contribution is -2.34. The SMILES string of the molecule is CCCC(C)N(C)CC(=O)c1ccccc1OCC. The van der Waals surface area contributed by atoms with Gasteiger partial charge in [-0.25, -0.2) is 0 Å². The first-order valence-electron chi connectivity index (χ1n) is 7.05. The molecule has 0 fully saturated rings. The van der Waals surface area contributed by atoms with E-state index in [-0.39, 0.29) is 5.78 Å². The Balaban J connectivity index is 2.72. The van der Waals surface area contributed by atoms with E-state index in [0.717, 1.165) is 12.8 Å². The van der Waals surface area contributed by atoms with E-state index >= 15 is 0 Å². The lowest BCUT2D eigenvalue weighted by molar-refractivity contribution is 0.0917. The Morgan fingerprint density at radius 2 is 2.00 bits per heavy atom. The third-order valence-electron chi connectivity index (χ3n) is 3.34. The van der Waals surface area contributed by atoms with Crippen molar-refractivity contribution in [2.75, 3.05) is 20.2 Å². The number of rotatable bonds is 8.